The highest BCUT2D eigenvalue weighted by Gasteiger charge is 2.50. The molecule has 3 aliphatic rings. The first-order valence-corrected chi connectivity index (χ1v) is 8.75. The molecule has 2 amide bonds. The van der Waals surface area contributed by atoms with Crippen molar-refractivity contribution in [3.63, 3.8) is 0 Å². The number of anilines is 1. The second kappa shape index (κ2) is 5.84. The van der Waals surface area contributed by atoms with Gasteiger partial charge in [0.2, 0.25) is 0 Å². The van der Waals surface area contributed by atoms with Crippen LogP contribution in [0.3, 0.4) is 0 Å². The van der Waals surface area contributed by atoms with Crippen LogP contribution in [0, 0.1) is 11.7 Å². The average molecular weight is 330 g/mol. The lowest BCUT2D eigenvalue weighted by Gasteiger charge is -2.45. The third-order valence-corrected chi connectivity index (χ3v) is 5.80. The zero-order chi connectivity index (χ0) is 16.7. The van der Waals surface area contributed by atoms with Crippen LogP contribution in [0.4, 0.5) is 14.9 Å². The Kier molecular flexibility index (Phi) is 3.79. The Bertz CT molecular complexity index is 677. The lowest BCUT2D eigenvalue weighted by atomic mass is 9.82. The van der Waals surface area contributed by atoms with Gasteiger partial charge in [-0.1, -0.05) is 12.5 Å². The highest BCUT2D eigenvalue weighted by atomic mass is 19.1. The van der Waals surface area contributed by atoms with E-state index in [1.54, 1.807) is 17.0 Å². The summed E-state index contributed by atoms with van der Waals surface area (Å²) < 4.78 is 13.6. The van der Waals surface area contributed by atoms with Crippen LogP contribution in [0.25, 0.3) is 0 Å². The van der Waals surface area contributed by atoms with E-state index in [9.17, 15) is 9.18 Å². The van der Waals surface area contributed by atoms with Crippen LogP contribution >= 0.6 is 0 Å². The summed E-state index contributed by atoms with van der Waals surface area (Å²) in [6.45, 7) is 2.93. The van der Waals surface area contributed by atoms with Crippen LogP contribution in [0.15, 0.2) is 29.3 Å². The Labute approximate surface area is 141 Å². The van der Waals surface area contributed by atoms with Gasteiger partial charge in [-0.05, 0) is 49.8 Å². The predicted octanol–water partition coefficient (Wildman–Crippen LogP) is 2.76. The summed E-state index contributed by atoms with van der Waals surface area (Å²) in [6.07, 6.45) is 5.51. The number of rotatable bonds is 3. The van der Waals surface area contributed by atoms with Crippen molar-refractivity contribution in [2.45, 2.75) is 37.6 Å². The Morgan fingerprint density at radius 2 is 2.04 bits per heavy atom. The van der Waals surface area contributed by atoms with E-state index in [-0.39, 0.29) is 11.8 Å². The van der Waals surface area contributed by atoms with Crippen molar-refractivity contribution in [2.75, 3.05) is 24.5 Å². The molecule has 2 N–H and O–H groups in total. The molecule has 0 aromatic heterocycles. The van der Waals surface area contributed by atoms with E-state index in [4.69, 9.17) is 5.73 Å². The lowest BCUT2D eigenvalue weighted by molar-refractivity contribution is 0.136. The molecule has 0 bridgehead atoms. The third-order valence-electron chi connectivity index (χ3n) is 5.80. The topological polar surface area (TPSA) is 61.9 Å². The number of hydrogen-bond acceptors (Lipinski definition) is 3. The van der Waals surface area contributed by atoms with Gasteiger partial charge < -0.3 is 10.6 Å². The average Bonchev–Trinajstić information content (AvgIpc) is 2.75. The Morgan fingerprint density at radius 3 is 2.67 bits per heavy atom. The van der Waals surface area contributed by atoms with Gasteiger partial charge in [-0.3, -0.25) is 4.90 Å². The summed E-state index contributed by atoms with van der Waals surface area (Å²) in [5, 5.41) is 0. The quantitative estimate of drug-likeness (QED) is 0.927. The number of carbonyl (C=O) groups excluding carboxylic acids is 1. The molecule has 24 heavy (non-hydrogen) atoms. The molecule has 0 atom stereocenters. The first-order chi connectivity index (χ1) is 11.6. The number of amidine groups is 1. The first kappa shape index (κ1) is 15.6. The van der Waals surface area contributed by atoms with E-state index in [1.165, 1.54) is 31.4 Å². The fourth-order valence-corrected chi connectivity index (χ4v) is 4.15. The number of piperidine rings is 1. The minimum Gasteiger partial charge on any atom is -0.385 e. The van der Waals surface area contributed by atoms with Crippen molar-refractivity contribution in [2.24, 2.45) is 16.6 Å². The molecule has 4 rings (SSSR count). The molecule has 1 aromatic carbocycles. The first-order valence-electron chi connectivity index (χ1n) is 8.75. The van der Waals surface area contributed by atoms with Gasteiger partial charge in [-0.2, -0.15) is 4.99 Å². The lowest BCUT2D eigenvalue weighted by Crippen LogP contribution is -2.60. The minimum absolute atomic E-state index is 0.358. The molecular weight excluding hydrogens is 307 g/mol. The van der Waals surface area contributed by atoms with E-state index in [0.29, 0.717) is 11.5 Å². The molecule has 1 aliphatic carbocycles. The molecule has 2 fully saturated rings. The van der Waals surface area contributed by atoms with Gasteiger partial charge in [0.25, 0.3) is 0 Å². The van der Waals surface area contributed by atoms with Gasteiger partial charge in [-0.15, -0.1) is 0 Å². The standard InChI is InChI=1S/C18H23FN4O/c19-14-5-2-6-15(11-14)23-17(24)21-16(20)18(23)7-9-22(10-8-18)12-13-3-1-4-13/h2,5-6,11,13H,1,3-4,7-10,12H2,(H2,20,21,24). The highest BCUT2D eigenvalue weighted by molar-refractivity contribution is 6.15. The molecule has 2 heterocycles. The number of nitrogens with two attached hydrogens (primary N) is 1. The maximum absolute atomic E-state index is 13.6. The van der Waals surface area contributed by atoms with Crippen LogP contribution in [-0.4, -0.2) is 41.9 Å². The molecule has 0 unspecified atom stereocenters. The summed E-state index contributed by atoms with van der Waals surface area (Å²) in [5.74, 6) is 0.845. The van der Waals surface area contributed by atoms with E-state index in [2.05, 4.69) is 9.89 Å². The van der Waals surface area contributed by atoms with Gasteiger partial charge >= 0.3 is 6.03 Å². The SMILES string of the molecule is NC1=NC(=O)N(c2cccc(F)c2)C12CCN(CC1CCC1)CC2. The molecule has 6 heteroatoms. The molecular formula is C18H23FN4O. The van der Waals surface area contributed by atoms with Gasteiger partial charge in [0, 0.05) is 25.3 Å². The Balaban J connectivity index is 1.55. The third kappa shape index (κ3) is 2.49. The molecule has 128 valence electrons. The van der Waals surface area contributed by atoms with Gasteiger partial charge in [0.15, 0.2) is 0 Å². The molecule has 0 radical (unpaired) electrons. The smallest absolute Gasteiger partial charge is 0.350 e. The summed E-state index contributed by atoms with van der Waals surface area (Å²) in [5.41, 5.74) is 6.10. The van der Waals surface area contributed by atoms with Crippen LogP contribution in [0.2, 0.25) is 0 Å². The molecule has 1 saturated carbocycles. The Hall–Kier alpha value is -1.95. The summed E-state index contributed by atoms with van der Waals surface area (Å²) in [6, 6.07) is 5.74. The van der Waals surface area contributed by atoms with Gasteiger partial charge in [0.05, 0.1) is 0 Å². The zero-order valence-corrected chi connectivity index (χ0v) is 13.7. The normalized spacial score (nSPS) is 24.3. The van der Waals surface area contributed by atoms with E-state index in [1.807, 2.05) is 0 Å². The van der Waals surface area contributed by atoms with Crippen LogP contribution in [0.1, 0.15) is 32.1 Å². The molecule has 1 aromatic rings. The number of likely N-dealkylation sites (tertiary alicyclic amines) is 1. The van der Waals surface area contributed by atoms with Gasteiger partial charge in [0.1, 0.15) is 17.2 Å². The number of halogens is 1. The van der Waals surface area contributed by atoms with Crippen molar-refractivity contribution in [3.05, 3.63) is 30.1 Å². The number of aliphatic imine (C=N–C) groups is 1. The molecule has 1 spiro atoms. The summed E-state index contributed by atoms with van der Waals surface area (Å²) in [4.78, 5) is 20.5. The van der Waals surface area contributed by atoms with Crippen molar-refractivity contribution in [1.29, 1.82) is 0 Å². The van der Waals surface area contributed by atoms with E-state index >= 15 is 0 Å². The summed E-state index contributed by atoms with van der Waals surface area (Å²) in [7, 11) is 0. The number of benzene rings is 1. The number of amides is 2. The maximum atomic E-state index is 13.6. The number of urea groups is 1. The number of hydrogen-bond donors (Lipinski definition) is 1. The number of nitrogens with zero attached hydrogens (tertiary/aromatic N) is 3. The molecule has 2 aliphatic heterocycles. The van der Waals surface area contributed by atoms with Crippen molar-refractivity contribution >= 4 is 17.6 Å². The van der Waals surface area contributed by atoms with E-state index < -0.39 is 5.54 Å². The largest absolute Gasteiger partial charge is 0.385 e. The fourth-order valence-electron chi connectivity index (χ4n) is 4.15. The van der Waals surface area contributed by atoms with Crippen molar-refractivity contribution in [1.82, 2.24) is 4.90 Å². The molecule has 5 nitrogen and oxygen atoms in total. The van der Waals surface area contributed by atoms with Crippen LogP contribution in [-0.2, 0) is 0 Å². The zero-order valence-electron chi connectivity index (χ0n) is 13.7. The Morgan fingerprint density at radius 1 is 1.29 bits per heavy atom. The van der Waals surface area contributed by atoms with Crippen LogP contribution in [0.5, 0.6) is 0 Å². The second-order valence-corrected chi connectivity index (χ2v) is 7.22. The highest BCUT2D eigenvalue weighted by Crippen LogP contribution is 2.38. The number of carbonyl (C=O) groups is 1. The van der Waals surface area contributed by atoms with E-state index in [0.717, 1.165) is 38.4 Å². The fraction of sp³-hybridized carbons (Fsp3) is 0.556. The van der Waals surface area contributed by atoms with Crippen molar-refractivity contribution in [3.8, 4) is 0 Å². The summed E-state index contributed by atoms with van der Waals surface area (Å²) >= 11 is 0. The molecule has 1 saturated heterocycles. The maximum Gasteiger partial charge on any atom is 0.350 e. The monoisotopic (exact) mass is 330 g/mol. The second-order valence-electron chi connectivity index (χ2n) is 7.22. The predicted molar refractivity (Wildman–Crippen MR) is 91.6 cm³/mol. The van der Waals surface area contributed by atoms with Gasteiger partial charge in [-0.25, -0.2) is 9.18 Å². The minimum atomic E-state index is -0.596. The van der Waals surface area contributed by atoms with Crippen molar-refractivity contribution < 1.29 is 9.18 Å². The van der Waals surface area contributed by atoms with Crippen LogP contribution < -0.4 is 10.6 Å².